The van der Waals surface area contributed by atoms with Crippen molar-refractivity contribution in [2.45, 2.75) is 39.1 Å². The van der Waals surface area contributed by atoms with Crippen molar-refractivity contribution >= 4 is 22.4 Å². The molecule has 0 saturated carbocycles. The number of hydrogen-bond donors (Lipinski definition) is 1. The molecular formula is C20H20F3N3O. The summed E-state index contributed by atoms with van der Waals surface area (Å²) in [5.74, 6) is 0.631. The molecule has 1 aliphatic rings. The Hall–Kier alpha value is -2.54. The van der Waals surface area contributed by atoms with Gasteiger partial charge in [0.25, 0.3) is 0 Å². The predicted molar refractivity (Wildman–Crippen MR) is 98.3 cm³/mol. The van der Waals surface area contributed by atoms with Crippen molar-refractivity contribution in [1.29, 1.82) is 0 Å². The van der Waals surface area contributed by atoms with Gasteiger partial charge in [0.15, 0.2) is 0 Å². The van der Waals surface area contributed by atoms with Crippen LogP contribution in [0.4, 0.5) is 24.7 Å². The molecule has 1 unspecified atom stereocenters. The monoisotopic (exact) mass is 375 g/mol. The van der Waals surface area contributed by atoms with Gasteiger partial charge < -0.3 is 14.6 Å². The predicted octanol–water partition coefficient (Wildman–Crippen LogP) is 5.20. The van der Waals surface area contributed by atoms with Crippen molar-refractivity contribution in [3.05, 3.63) is 53.3 Å². The molecule has 1 aliphatic heterocycles. The van der Waals surface area contributed by atoms with Crippen LogP contribution in [0.1, 0.15) is 23.1 Å². The van der Waals surface area contributed by atoms with Gasteiger partial charge in [-0.25, -0.2) is 4.98 Å². The Bertz CT molecular complexity index is 967. The van der Waals surface area contributed by atoms with Crippen molar-refractivity contribution in [2.75, 3.05) is 11.9 Å². The molecule has 1 aromatic carbocycles. The topological polar surface area (TPSA) is 39.1 Å². The van der Waals surface area contributed by atoms with Crippen molar-refractivity contribution in [3.63, 3.8) is 0 Å². The third-order valence-corrected chi connectivity index (χ3v) is 4.99. The Morgan fingerprint density at radius 2 is 1.93 bits per heavy atom. The minimum atomic E-state index is -4.35. The van der Waals surface area contributed by atoms with Crippen LogP contribution in [0.5, 0.6) is 0 Å². The van der Waals surface area contributed by atoms with Crippen LogP contribution in [0, 0.1) is 13.8 Å². The number of alkyl halides is 3. The maximum absolute atomic E-state index is 13.0. The zero-order chi connectivity index (χ0) is 19.2. The van der Waals surface area contributed by atoms with Crippen LogP contribution >= 0.6 is 0 Å². The standard InChI is InChI=1S/C20H20F3N3O/c1-12-9-14(20(21,22)23)10-13(2)18(12)25-19-16-4-7-26(11-15-5-8-27-15)17(16)3-6-24-19/h3-4,6-7,9-10,15H,5,8,11H2,1-2H3,(H,24,25). The average Bonchev–Trinajstić information content (AvgIpc) is 2.97. The first-order valence-electron chi connectivity index (χ1n) is 8.84. The lowest BCUT2D eigenvalue weighted by atomic mass is 10.0. The molecule has 0 spiro atoms. The Morgan fingerprint density at radius 3 is 2.52 bits per heavy atom. The van der Waals surface area contributed by atoms with Gasteiger partial charge in [-0.1, -0.05) is 0 Å². The minimum Gasteiger partial charge on any atom is -0.376 e. The number of nitrogens with zero attached hydrogens (tertiary/aromatic N) is 2. The molecular weight excluding hydrogens is 355 g/mol. The maximum Gasteiger partial charge on any atom is 0.416 e. The quantitative estimate of drug-likeness (QED) is 0.681. The van der Waals surface area contributed by atoms with Crippen LogP contribution in [0.2, 0.25) is 0 Å². The SMILES string of the molecule is Cc1cc(C(F)(F)F)cc(C)c1Nc1nccc2c1ccn2CC1CCO1. The van der Waals surface area contributed by atoms with E-state index in [1.54, 1.807) is 20.0 Å². The van der Waals surface area contributed by atoms with E-state index < -0.39 is 11.7 Å². The molecule has 1 saturated heterocycles. The molecule has 3 heterocycles. The summed E-state index contributed by atoms with van der Waals surface area (Å²) in [5, 5.41) is 4.16. The lowest BCUT2D eigenvalue weighted by Gasteiger charge is -2.27. The first kappa shape index (κ1) is 17.9. The Labute approximate surface area is 155 Å². The number of pyridine rings is 1. The number of aromatic nitrogens is 2. The molecule has 27 heavy (non-hydrogen) atoms. The van der Waals surface area contributed by atoms with Gasteiger partial charge in [0, 0.05) is 36.6 Å². The fourth-order valence-corrected chi connectivity index (χ4v) is 3.47. The van der Waals surface area contributed by atoms with Crippen molar-refractivity contribution < 1.29 is 17.9 Å². The first-order chi connectivity index (χ1) is 12.8. The molecule has 2 aromatic heterocycles. The number of halogens is 3. The summed E-state index contributed by atoms with van der Waals surface area (Å²) >= 11 is 0. The molecule has 1 fully saturated rings. The van der Waals surface area contributed by atoms with Gasteiger partial charge in [-0.3, -0.25) is 0 Å². The fraction of sp³-hybridized carbons (Fsp3) is 0.350. The minimum absolute atomic E-state index is 0.240. The van der Waals surface area contributed by atoms with Crippen LogP contribution in [-0.2, 0) is 17.5 Å². The lowest BCUT2D eigenvalue weighted by molar-refractivity contribution is -0.137. The van der Waals surface area contributed by atoms with Crippen molar-refractivity contribution in [3.8, 4) is 0 Å². The van der Waals surface area contributed by atoms with Crippen LogP contribution < -0.4 is 5.32 Å². The Kier molecular flexibility index (Phi) is 4.34. The molecule has 1 atom stereocenters. The summed E-state index contributed by atoms with van der Waals surface area (Å²) in [5.41, 5.74) is 2.09. The molecule has 7 heteroatoms. The molecule has 4 rings (SSSR count). The second-order valence-corrected chi connectivity index (χ2v) is 6.95. The van der Waals surface area contributed by atoms with E-state index in [2.05, 4.69) is 14.9 Å². The third-order valence-electron chi connectivity index (χ3n) is 4.99. The summed E-state index contributed by atoms with van der Waals surface area (Å²) < 4.78 is 46.7. The number of hydrogen-bond acceptors (Lipinski definition) is 3. The summed E-state index contributed by atoms with van der Waals surface area (Å²) in [6.45, 7) is 4.93. The van der Waals surface area contributed by atoms with E-state index in [1.165, 1.54) is 0 Å². The van der Waals surface area contributed by atoms with Crippen LogP contribution in [0.3, 0.4) is 0 Å². The van der Waals surface area contributed by atoms with Crippen LogP contribution in [0.25, 0.3) is 10.9 Å². The van der Waals surface area contributed by atoms with E-state index in [9.17, 15) is 13.2 Å². The number of ether oxygens (including phenoxy) is 1. The summed E-state index contributed by atoms with van der Waals surface area (Å²) in [6, 6.07) is 6.23. The smallest absolute Gasteiger partial charge is 0.376 e. The largest absolute Gasteiger partial charge is 0.416 e. The zero-order valence-corrected chi connectivity index (χ0v) is 15.1. The molecule has 142 valence electrons. The van der Waals surface area contributed by atoms with Gasteiger partial charge in [-0.05, 0) is 55.7 Å². The van der Waals surface area contributed by atoms with Gasteiger partial charge >= 0.3 is 6.18 Å². The van der Waals surface area contributed by atoms with Gasteiger partial charge in [0.2, 0.25) is 0 Å². The van der Waals surface area contributed by atoms with E-state index in [1.807, 2.05) is 18.3 Å². The molecule has 3 aromatic rings. The number of anilines is 2. The second kappa shape index (κ2) is 6.56. The van der Waals surface area contributed by atoms with Crippen molar-refractivity contribution in [2.24, 2.45) is 0 Å². The summed E-state index contributed by atoms with van der Waals surface area (Å²) in [6.07, 6.45) is 0.639. The zero-order valence-electron chi connectivity index (χ0n) is 15.1. The van der Waals surface area contributed by atoms with Crippen LogP contribution in [0.15, 0.2) is 36.7 Å². The summed E-state index contributed by atoms with van der Waals surface area (Å²) in [7, 11) is 0. The fourth-order valence-electron chi connectivity index (χ4n) is 3.47. The Balaban J connectivity index is 1.67. The van der Waals surface area contributed by atoms with E-state index in [-0.39, 0.29) is 6.10 Å². The summed E-state index contributed by atoms with van der Waals surface area (Å²) in [4.78, 5) is 4.40. The second-order valence-electron chi connectivity index (χ2n) is 6.95. The highest BCUT2D eigenvalue weighted by atomic mass is 19.4. The molecule has 0 aliphatic carbocycles. The number of aryl methyl sites for hydroxylation is 2. The van der Waals surface area contributed by atoms with E-state index in [0.717, 1.165) is 42.6 Å². The number of rotatable bonds is 4. The first-order valence-corrected chi connectivity index (χ1v) is 8.84. The lowest BCUT2D eigenvalue weighted by Crippen LogP contribution is -2.30. The number of nitrogens with one attached hydrogen (secondary N) is 1. The maximum atomic E-state index is 13.0. The normalized spacial score (nSPS) is 17.1. The van der Waals surface area contributed by atoms with E-state index >= 15 is 0 Å². The highest BCUT2D eigenvalue weighted by Gasteiger charge is 2.31. The molecule has 0 bridgehead atoms. The van der Waals surface area contributed by atoms with E-state index in [4.69, 9.17) is 4.74 Å². The highest BCUT2D eigenvalue weighted by molar-refractivity contribution is 5.92. The average molecular weight is 375 g/mol. The van der Waals surface area contributed by atoms with Gasteiger partial charge in [0.05, 0.1) is 17.2 Å². The third kappa shape index (κ3) is 3.39. The van der Waals surface area contributed by atoms with Gasteiger partial charge in [-0.15, -0.1) is 0 Å². The molecule has 0 amide bonds. The van der Waals surface area contributed by atoms with Gasteiger partial charge in [-0.2, -0.15) is 13.2 Å². The molecule has 4 nitrogen and oxygen atoms in total. The molecule has 1 N–H and O–H groups in total. The number of fused-ring (bicyclic) bond motifs is 1. The van der Waals surface area contributed by atoms with Gasteiger partial charge in [0.1, 0.15) is 5.82 Å². The Morgan fingerprint density at radius 1 is 1.22 bits per heavy atom. The molecule has 0 radical (unpaired) electrons. The highest BCUT2D eigenvalue weighted by Crippen LogP contribution is 2.35. The van der Waals surface area contributed by atoms with Crippen molar-refractivity contribution in [1.82, 2.24) is 9.55 Å². The van der Waals surface area contributed by atoms with E-state index in [0.29, 0.717) is 22.6 Å². The number of benzene rings is 1. The van der Waals surface area contributed by atoms with Crippen LogP contribution in [-0.4, -0.2) is 22.3 Å².